The van der Waals surface area contributed by atoms with Crippen molar-refractivity contribution in [2.75, 3.05) is 0 Å². The van der Waals surface area contributed by atoms with E-state index in [0.29, 0.717) is 32.2 Å². The molecule has 28 heavy (non-hydrogen) atoms. The minimum absolute atomic E-state index is 0.164. The lowest BCUT2D eigenvalue weighted by atomic mass is 9.89. The Morgan fingerprint density at radius 1 is 0.821 bits per heavy atom. The third-order valence-electron chi connectivity index (χ3n) is 5.29. The molecule has 6 heteroatoms. The molecule has 0 radical (unpaired) electrons. The van der Waals surface area contributed by atoms with Crippen molar-refractivity contribution in [3.8, 4) is 0 Å². The Balaban J connectivity index is 2.23. The molecule has 6 nitrogen and oxygen atoms in total. The SMILES string of the molecule is O=C(O)C1=c2c(c3cc4ccccc4nc3c3ncccc23)=C(C(=O)O)CC1. The fourth-order valence-electron chi connectivity index (χ4n) is 4.11. The van der Waals surface area contributed by atoms with Crippen molar-refractivity contribution < 1.29 is 19.8 Å². The maximum Gasteiger partial charge on any atom is 0.332 e. The number of hydrogen-bond acceptors (Lipinski definition) is 4. The molecule has 2 N–H and O–H groups in total. The van der Waals surface area contributed by atoms with Crippen molar-refractivity contribution in [3.63, 3.8) is 0 Å². The molecular weight excluding hydrogens is 356 g/mol. The van der Waals surface area contributed by atoms with Gasteiger partial charge in [0.1, 0.15) is 0 Å². The minimum atomic E-state index is -1.04. The fourth-order valence-corrected chi connectivity index (χ4v) is 4.11. The van der Waals surface area contributed by atoms with Crippen LogP contribution in [-0.4, -0.2) is 32.1 Å². The third kappa shape index (κ3) is 2.21. The number of aromatic nitrogens is 2. The van der Waals surface area contributed by atoms with E-state index in [1.807, 2.05) is 30.3 Å². The summed E-state index contributed by atoms with van der Waals surface area (Å²) < 4.78 is 0. The van der Waals surface area contributed by atoms with E-state index < -0.39 is 11.9 Å². The summed E-state index contributed by atoms with van der Waals surface area (Å²) in [7, 11) is 0. The second kappa shape index (κ2) is 5.85. The number of hydrogen-bond donors (Lipinski definition) is 2. The van der Waals surface area contributed by atoms with Gasteiger partial charge >= 0.3 is 11.9 Å². The topological polar surface area (TPSA) is 100 Å². The van der Waals surface area contributed by atoms with Crippen LogP contribution in [0.5, 0.6) is 0 Å². The van der Waals surface area contributed by atoms with Crippen LogP contribution in [0.25, 0.3) is 43.9 Å². The van der Waals surface area contributed by atoms with E-state index in [4.69, 9.17) is 4.98 Å². The predicted molar refractivity (Wildman–Crippen MR) is 105 cm³/mol. The number of benzene rings is 2. The average molecular weight is 370 g/mol. The molecule has 0 fully saturated rings. The number of rotatable bonds is 2. The largest absolute Gasteiger partial charge is 0.478 e. The van der Waals surface area contributed by atoms with Crippen LogP contribution in [0.3, 0.4) is 0 Å². The summed E-state index contributed by atoms with van der Waals surface area (Å²) in [6.45, 7) is 0. The molecule has 0 amide bonds. The minimum Gasteiger partial charge on any atom is -0.478 e. The molecule has 0 saturated carbocycles. The Kier molecular flexibility index (Phi) is 3.42. The van der Waals surface area contributed by atoms with Crippen LogP contribution in [0.4, 0.5) is 0 Å². The van der Waals surface area contributed by atoms with Crippen LogP contribution in [0, 0.1) is 0 Å². The van der Waals surface area contributed by atoms with Crippen LogP contribution in [0.2, 0.25) is 0 Å². The van der Waals surface area contributed by atoms with Crippen molar-refractivity contribution >= 4 is 55.8 Å². The first-order chi connectivity index (χ1) is 13.6. The molecular formula is C22H14N2O4. The van der Waals surface area contributed by atoms with Gasteiger partial charge < -0.3 is 10.2 Å². The summed E-state index contributed by atoms with van der Waals surface area (Å²) in [6.07, 6.45) is 1.97. The number of carboxylic acids is 2. The van der Waals surface area contributed by atoms with Gasteiger partial charge in [-0.2, -0.15) is 0 Å². The van der Waals surface area contributed by atoms with Gasteiger partial charge in [0.25, 0.3) is 0 Å². The highest BCUT2D eigenvalue weighted by Crippen LogP contribution is 2.25. The first kappa shape index (κ1) is 16.4. The summed E-state index contributed by atoms with van der Waals surface area (Å²) in [6, 6.07) is 13.0. The molecule has 0 spiro atoms. The Labute approximate surface area is 158 Å². The van der Waals surface area contributed by atoms with E-state index in [-0.39, 0.29) is 24.0 Å². The maximum atomic E-state index is 12.0. The van der Waals surface area contributed by atoms with E-state index in [1.165, 1.54) is 0 Å². The number of pyridine rings is 2. The Bertz CT molecular complexity index is 1470. The third-order valence-corrected chi connectivity index (χ3v) is 5.29. The lowest BCUT2D eigenvalue weighted by Gasteiger charge is -2.16. The highest BCUT2D eigenvalue weighted by Gasteiger charge is 2.24. The monoisotopic (exact) mass is 370 g/mol. The van der Waals surface area contributed by atoms with Gasteiger partial charge in [0.15, 0.2) is 0 Å². The molecule has 2 heterocycles. The zero-order valence-corrected chi connectivity index (χ0v) is 14.6. The normalized spacial score (nSPS) is 13.9. The lowest BCUT2D eigenvalue weighted by molar-refractivity contribution is -0.132. The van der Waals surface area contributed by atoms with Gasteiger partial charge in [0.05, 0.1) is 16.6 Å². The Morgan fingerprint density at radius 2 is 1.50 bits per heavy atom. The summed E-state index contributed by atoms with van der Waals surface area (Å²) in [5.41, 5.74) is 2.36. The van der Waals surface area contributed by atoms with E-state index in [9.17, 15) is 19.8 Å². The summed E-state index contributed by atoms with van der Waals surface area (Å²) in [4.78, 5) is 33.2. The Morgan fingerprint density at radius 3 is 2.21 bits per heavy atom. The van der Waals surface area contributed by atoms with E-state index >= 15 is 0 Å². The van der Waals surface area contributed by atoms with Crippen molar-refractivity contribution in [1.29, 1.82) is 0 Å². The first-order valence-electron chi connectivity index (χ1n) is 8.85. The predicted octanol–water partition coefficient (Wildman–Crippen LogP) is 2.20. The van der Waals surface area contributed by atoms with Crippen molar-refractivity contribution in [1.82, 2.24) is 9.97 Å². The zero-order valence-electron chi connectivity index (χ0n) is 14.6. The second-order valence-corrected chi connectivity index (χ2v) is 6.79. The van der Waals surface area contributed by atoms with Crippen LogP contribution in [-0.2, 0) is 9.59 Å². The average Bonchev–Trinajstić information content (AvgIpc) is 2.71. The number of carboxylic acid groups (broad SMARTS) is 2. The van der Waals surface area contributed by atoms with Crippen molar-refractivity contribution in [2.45, 2.75) is 12.8 Å². The molecule has 1 aliphatic carbocycles. The summed E-state index contributed by atoms with van der Waals surface area (Å²) >= 11 is 0. The fraction of sp³-hybridized carbons (Fsp3) is 0.0909. The molecule has 2 aromatic heterocycles. The molecule has 0 saturated heterocycles. The molecule has 1 aliphatic rings. The number of fused-ring (bicyclic) bond motifs is 7. The standard InChI is InChI=1S/C22H14N2O4/c25-21(26)13-7-8-14(22(27)28)18-15-10-11-4-1-2-6-16(11)24-20(15)19-12(17(13)18)5-3-9-23-19/h1-6,9-10H,7-8H2,(H,25,26)(H,27,28). The van der Waals surface area contributed by atoms with Crippen molar-refractivity contribution in [2.24, 2.45) is 0 Å². The van der Waals surface area contributed by atoms with E-state index in [1.54, 1.807) is 18.3 Å². The smallest absolute Gasteiger partial charge is 0.332 e. The van der Waals surface area contributed by atoms with Crippen molar-refractivity contribution in [3.05, 3.63) is 59.1 Å². The van der Waals surface area contributed by atoms with Gasteiger partial charge in [-0.25, -0.2) is 14.6 Å². The maximum absolute atomic E-state index is 12.0. The zero-order chi connectivity index (χ0) is 19.4. The van der Waals surface area contributed by atoms with E-state index in [2.05, 4.69) is 4.98 Å². The van der Waals surface area contributed by atoms with Crippen LogP contribution >= 0.6 is 0 Å². The molecule has 0 bridgehead atoms. The van der Waals surface area contributed by atoms with Crippen LogP contribution in [0.15, 0.2) is 48.7 Å². The van der Waals surface area contributed by atoms with Gasteiger partial charge in [-0.1, -0.05) is 24.3 Å². The van der Waals surface area contributed by atoms with Crippen LogP contribution in [0.1, 0.15) is 12.8 Å². The lowest BCUT2D eigenvalue weighted by Crippen LogP contribution is -2.38. The molecule has 0 unspecified atom stereocenters. The summed E-state index contributed by atoms with van der Waals surface area (Å²) in [5, 5.41) is 22.6. The van der Waals surface area contributed by atoms with Crippen LogP contribution < -0.4 is 10.4 Å². The Hall–Kier alpha value is -3.80. The number of nitrogens with zero attached hydrogens (tertiary/aromatic N) is 2. The number of aliphatic carboxylic acids is 2. The molecule has 5 rings (SSSR count). The number of para-hydroxylation sites is 1. The summed E-state index contributed by atoms with van der Waals surface area (Å²) in [5.74, 6) is -2.08. The van der Waals surface area contributed by atoms with E-state index in [0.717, 1.165) is 10.9 Å². The number of carbonyl (C=O) groups is 2. The molecule has 0 atom stereocenters. The highest BCUT2D eigenvalue weighted by molar-refractivity contribution is 6.19. The van der Waals surface area contributed by atoms with Gasteiger partial charge in [-0.15, -0.1) is 0 Å². The van der Waals surface area contributed by atoms with Gasteiger partial charge in [0, 0.05) is 43.9 Å². The second-order valence-electron chi connectivity index (χ2n) is 6.79. The quantitative estimate of drug-likeness (QED) is 0.414. The molecule has 2 aromatic carbocycles. The molecule has 0 aliphatic heterocycles. The van der Waals surface area contributed by atoms with Gasteiger partial charge in [-0.05, 0) is 31.0 Å². The highest BCUT2D eigenvalue weighted by atomic mass is 16.4. The molecule has 4 aromatic rings. The molecule has 136 valence electrons. The van der Waals surface area contributed by atoms with Gasteiger partial charge in [-0.3, -0.25) is 4.98 Å². The van der Waals surface area contributed by atoms with Gasteiger partial charge in [0.2, 0.25) is 0 Å². The first-order valence-corrected chi connectivity index (χ1v) is 8.85.